The van der Waals surface area contributed by atoms with Gasteiger partial charge in [-0.3, -0.25) is 0 Å². The van der Waals surface area contributed by atoms with E-state index in [1.807, 2.05) is 19.1 Å². The molecule has 0 saturated carbocycles. The maximum absolute atomic E-state index is 9.69. The predicted molar refractivity (Wildman–Crippen MR) is 81.3 cm³/mol. The highest BCUT2D eigenvalue weighted by molar-refractivity contribution is 5.41. The molecule has 0 aliphatic carbocycles. The van der Waals surface area contributed by atoms with E-state index in [9.17, 15) is 5.11 Å². The van der Waals surface area contributed by atoms with E-state index in [4.69, 9.17) is 4.74 Å². The highest BCUT2D eigenvalue weighted by atomic mass is 16.5. The Morgan fingerprint density at radius 3 is 2.70 bits per heavy atom. The van der Waals surface area contributed by atoms with Gasteiger partial charge in [0.2, 0.25) is 0 Å². The summed E-state index contributed by atoms with van der Waals surface area (Å²) >= 11 is 0. The molecule has 0 radical (unpaired) electrons. The molecule has 0 amide bonds. The zero-order valence-electron chi connectivity index (χ0n) is 12.6. The van der Waals surface area contributed by atoms with Crippen LogP contribution in [0.4, 0.5) is 0 Å². The highest BCUT2D eigenvalue weighted by Crippen LogP contribution is 2.26. The lowest BCUT2D eigenvalue weighted by molar-refractivity contribution is 0.206. The number of ether oxygens (including phenoxy) is 1. The summed E-state index contributed by atoms with van der Waals surface area (Å²) in [5.41, 5.74) is 1.16. The smallest absolute Gasteiger partial charge is 0.161 e. The number of likely N-dealkylation sites (tertiary alicyclic amines) is 1. The number of phenols is 1. The van der Waals surface area contributed by atoms with Gasteiger partial charge in [-0.2, -0.15) is 0 Å². The molecule has 4 nitrogen and oxygen atoms in total. The number of hydrogen-bond donors (Lipinski definition) is 2. The minimum Gasteiger partial charge on any atom is -0.504 e. The number of hydrogen-bond acceptors (Lipinski definition) is 4. The van der Waals surface area contributed by atoms with Gasteiger partial charge in [-0.15, -0.1) is 0 Å². The fourth-order valence-electron chi connectivity index (χ4n) is 2.66. The van der Waals surface area contributed by atoms with Gasteiger partial charge in [0.25, 0.3) is 0 Å². The van der Waals surface area contributed by atoms with Crippen LogP contribution < -0.4 is 10.1 Å². The van der Waals surface area contributed by atoms with E-state index in [0.29, 0.717) is 18.4 Å². The van der Waals surface area contributed by atoms with Crippen molar-refractivity contribution in [2.24, 2.45) is 0 Å². The van der Waals surface area contributed by atoms with E-state index in [0.717, 1.165) is 18.7 Å². The summed E-state index contributed by atoms with van der Waals surface area (Å²) in [5.74, 6) is 0.791. The molecule has 1 aromatic carbocycles. The van der Waals surface area contributed by atoms with Crippen LogP contribution in [0.2, 0.25) is 0 Å². The first-order chi connectivity index (χ1) is 9.72. The maximum atomic E-state index is 9.69. The largest absolute Gasteiger partial charge is 0.504 e. The number of nitrogens with zero attached hydrogens (tertiary/aromatic N) is 1. The Balaban J connectivity index is 1.83. The second-order valence-electron chi connectivity index (χ2n) is 5.32. The molecular weight excluding hydrogens is 252 g/mol. The molecule has 0 unspecified atom stereocenters. The summed E-state index contributed by atoms with van der Waals surface area (Å²) in [6.07, 6.45) is 2.43. The SMILES string of the molecule is CCOc1cc(CNC2CCN(CC)CC2)ccc1O. The third kappa shape index (κ3) is 4.12. The van der Waals surface area contributed by atoms with Crippen molar-refractivity contribution < 1.29 is 9.84 Å². The van der Waals surface area contributed by atoms with E-state index >= 15 is 0 Å². The number of piperidine rings is 1. The first kappa shape index (κ1) is 15.1. The molecule has 20 heavy (non-hydrogen) atoms. The zero-order valence-corrected chi connectivity index (χ0v) is 12.6. The van der Waals surface area contributed by atoms with Crippen molar-refractivity contribution in [1.82, 2.24) is 10.2 Å². The van der Waals surface area contributed by atoms with Crippen LogP contribution in [0.1, 0.15) is 32.3 Å². The Labute approximate surface area is 121 Å². The van der Waals surface area contributed by atoms with Crippen molar-refractivity contribution >= 4 is 0 Å². The molecule has 0 atom stereocenters. The van der Waals surface area contributed by atoms with Gasteiger partial charge in [-0.25, -0.2) is 0 Å². The molecule has 1 aliphatic rings. The Morgan fingerprint density at radius 2 is 2.05 bits per heavy atom. The number of aromatic hydroxyl groups is 1. The monoisotopic (exact) mass is 278 g/mol. The molecule has 1 heterocycles. The molecule has 0 spiro atoms. The van der Waals surface area contributed by atoms with Crippen LogP contribution in [0.25, 0.3) is 0 Å². The van der Waals surface area contributed by atoms with Crippen molar-refractivity contribution in [2.45, 2.75) is 39.3 Å². The van der Waals surface area contributed by atoms with Gasteiger partial charge < -0.3 is 20.1 Å². The first-order valence-electron chi connectivity index (χ1n) is 7.63. The van der Waals surface area contributed by atoms with Crippen LogP contribution in [0.5, 0.6) is 11.5 Å². The predicted octanol–water partition coefficient (Wildman–Crippen LogP) is 2.36. The van der Waals surface area contributed by atoms with Crippen LogP contribution in [0.3, 0.4) is 0 Å². The lowest BCUT2D eigenvalue weighted by atomic mass is 10.0. The van der Waals surface area contributed by atoms with E-state index in [2.05, 4.69) is 17.1 Å². The summed E-state index contributed by atoms with van der Waals surface area (Å²) in [7, 11) is 0. The van der Waals surface area contributed by atoms with Gasteiger partial charge in [-0.1, -0.05) is 13.0 Å². The second-order valence-corrected chi connectivity index (χ2v) is 5.32. The van der Waals surface area contributed by atoms with Gasteiger partial charge in [0.1, 0.15) is 0 Å². The number of benzene rings is 1. The molecule has 1 fully saturated rings. The van der Waals surface area contributed by atoms with E-state index < -0.39 is 0 Å². The lowest BCUT2D eigenvalue weighted by Gasteiger charge is -2.31. The average Bonchev–Trinajstić information content (AvgIpc) is 2.49. The van der Waals surface area contributed by atoms with E-state index in [-0.39, 0.29) is 5.75 Å². The third-order valence-corrected chi connectivity index (χ3v) is 3.95. The topological polar surface area (TPSA) is 44.7 Å². The molecule has 0 aromatic heterocycles. The van der Waals surface area contributed by atoms with Crippen molar-refractivity contribution in [1.29, 1.82) is 0 Å². The van der Waals surface area contributed by atoms with Gasteiger partial charge in [0, 0.05) is 12.6 Å². The van der Waals surface area contributed by atoms with E-state index in [1.54, 1.807) is 6.07 Å². The summed E-state index contributed by atoms with van der Waals surface area (Å²) in [4.78, 5) is 2.49. The Kier molecular flexibility index (Phi) is 5.68. The summed E-state index contributed by atoms with van der Waals surface area (Å²) < 4.78 is 5.41. The standard InChI is InChI=1S/C16H26N2O2/c1-3-18-9-7-14(8-10-18)17-12-13-5-6-15(19)16(11-13)20-4-2/h5-6,11,14,17,19H,3-4,7-10,12H2,1-2H3. The summed E-state index contributed by atoms with van der Waals surface area (Å²) in [6.45, 7) is 9.08. The zero-order chi connectivity index (χ0) is 14.4. The maximum Gasteiger partial charge on any atom is 0.161 e. The summed E-state index contributed by atoms with van der Waals surface area (Å²) in [5, 5.41) is 13.3. The van der Waals surface area contributed by atoms with Crippen molar-refractivity contribution in [3.05, 3.63) is 23.8 Å². The Morgan fingerprint density at radius 1 is 1.30 bits per heavy atom. The van der Waals surface area contributed by atoms with Crippen LogP contribution in [-0.4, -0.2) is 42.3 Å². The van der Waals surface area contributed by atoms with E-state index in [1.165, 1.54) is 25.9 Å². The number of rotatable bonds is 6. The van der Waals surface area contributed by atoms with Gasteiger partial charge in [-0.05, 0) is 57.1 Å². The molecule has 2 rings (SSSR count). The van der Waals surface area contributed by atoms with Gasteiger partial charge in [0.05, 0.1) is 6.61 Å². The molecule has 0 bridgehead atoms. The highest BCUT2D eigenvalue weighted by Gasteiger charge is 2.17. The van der Waals surface area contributed by atoms with Crippen LogP contribution in [0.15, 0.2) is 18.2 Å². The molecule has 1 saturated heterocycles. The van der Waals surface area contributed by atoms with Crippen molar-refractivity contribution in [3.63, 3.8) is 0 Å². The molecular formula is C16H26N2O2. The minimum atomic E-state index is 0.215. The average molecular weight is 278 g/mol. The third-order valence-electron chi connectivity index (χ3n) is 3.95. The molecule has 1 aliphatic heterocycles. The van der Waals surface area contributed by atoms with Crippen LogP contribution in [0, 0.1) is 0 Å². The number of phenolic OH excluding ortho intramolecular Hbond substituents is 1. The van der Waals surface area contributed by atoms with Crippen molar-refractivity contribution in [3.8, 4) is 11.5 Å². The first-order valence-corrected chi connectivity index (χ1v) is 7.63. The molecule has 4 heteroatoms. The van der Waals surface area contributed by atoms with Crippen LogP contribution >= 0.6 is 0 Å². The Hall–Kier alpha value is -1.26. The van der Waals surface area contributed by atoms with Gasteiger partial charge in [0.15, 0.2) is 11.5 Å². The minimum absolute atomic E-state index is 0.215. The normalized spacial score (nSPS) is 17.3. The molecule has 1 aromatic rings. The Bertz CT molecular complexity index is 415. The van der Waals surface area contributed by atoms with Crippen molar-refractivity contribution in [2.75, 3.05) is 26.2 Å². The summed E-state index contributed by atoms with van der Waals surface area (Å²) in [6, 6.07) is 6.18. The second kappa shape index (κ2) is 7.50. The molecule has 2 N–H and O–H groups in total. The van der Waals surface area contributed by atoms with Gasteiger partial charge >= 0.3 is 0 Å². The number of nitrogens with one attached hydrogen (secondary N) is 1. The quantitative estimate of drug-likeness (QED) is 0.838. The van der Waals surface area contributed by atoms with Crippen LogP contribution in [-0.2, 0) is 6.54 Å². The molecule has 112 valence electrons. The fourth-order valence-corrected chi connectivity index (χ4v) is 2.66. The fraction of sp³-hybridized carbons (Fsp3) is 0.625. The lowest BCUT2D eigenvalue weighted by Crippen LogP contribution is -2.42.